The zero-order valence-corrected chi connectivity index (χ0v) is 15.5. The quantitative estimate of drug-likeness (QED) is 0.724. The Morgan fingerprint density at radius 1 is 1.22 bits per heavy atom. The number of hydrogen-bond acceptors (Lipinski definition) is 5. The van der Waals surface area contributed by atoms with Crippen molar-refractivity contribution < 1.29 is 8.91 Å². The van der Waals surface area contributed by atoms with Crippen LogP contribution in [0.3, 0.4) is 0 Å². The Morgan fingerprint density at radius 2 is 1.93 bits per heavy atom. The smallest absolute Gasteiger partial charge is 0.293 e. The van der Waals surface area contributed by atoms with E-state index in [1.807, 2.05) is 11.9 Å². The number of nitrogens with one attached hydrogen (secondary N) is 1. The van der Waals surface area contributed by atoms with Gasteiger partial charge in [0.15, 0.2) is 5.39 Å². The molecular weight excluding hydrogens is 375 g/mol. The predicted octanol–water partition coefficient (Wildman–Crippen LogP) is 2.32. The number of H-pyrrole nitrogens is 1. The number of nitrogens with zero attached hydrogens (tertiary/aromatic N) is 3. The summed E-state index contributed by atoms with van der Waals surface area (Å²) in [7, 11) is 2.02. The number of hydrogen-bond donors (Lipinski definition) is 1. The topological polar surface area (TPSA) is 74.5 Å². The van der Waals surface area contributed by atoms with Gasteiger partial charge in [-0.3, -0.25) is 9.59 Å². The van der Waals surface area contributed by atoms with E-state index in [9.17, 15) is 9.59 Å². The van der Waals surface area contributed by atoms with E-state index in [-0.39, 0.29) is 27.6 Å². The molecule has 0 atom stereocenters. The van der Waals surface area contributed by atoms with Crippen molar-refractivity contribution in [2.45, 2.75) is 18.9 Å². The summed E-state index contributed by atoms with van der Waals surface area (Å²) < 4.78 is 22.1. The number of anilines is 1. The summed E-state index contributed by atoms with van der Waals surface area (Å²) >= 11 is 6.69. The molecule has 2 fully saturated rings. The first-order chi connectivity index (χ1) is 13.0. The second-order valence-corrected chi connectivity index (χ2v) is 7.73. The number of aromatic nitrogens is 2. The number of benzene rings is 1. The van der Waals surface area contributed by atoms with Crippen molar-refractivity contribution in [3.63, 3.8) is 0 Å². The fourth-order valence-electron chi connectivity index (χ4n) is 3.91. The lowest BCUT2D eigenvalue weighted by Crippen LogP contribution is -2.45. The molecule has 9 heteroatoms. The van der Waals surface area contributed by atoms with Crippen LogP contribution in [0.2, 0.25) is 5.02 Å². The monoisotopic (exact) mass is 392 g/mol. The van der Waals surface area contributed by atoms with Gasteiger partial charge >= 0.3 is 0 Å². The van der Waals surface area contributed by atoms with Gasteiger partial charge in [-0.1, -0.05) is 11.6 Å². The van der Waals surface area contributed by atoms with Gasteiger partial charge in [-0.2, -0.15) is 5.16 Å². The molecule has 0 amide bonds. The van der Waals surface area contributed by atoms with E-state index in [0.717, 1.165) is 25.9 Å². The van der Waals surface area contributed by atoms with E-state index in [1.54, 1.807) is 4.57 Å². The first kappa shape index (κ1) is 16.8. The SMILES string of the molecule is CN1CCN(c2c(F)cc3c(=O)c4c(=O)[nH]oc4n(C4CC4)c3c2Cl)CC1. The molecule has 1 saturated heterocycles. The molecule has 1 aromatic carbocycles. The fourth-order valence-corrected chi connectivity index (χ4v) is 4.31. The first-order valence-electron chi connectivity index (χ1n) is 8.98. The zero-order valence-electron chi connectivity index (χ0n) is 14.7. The van der Waals surface area contributed by atoms with Gasteiger partial charge in [0.1, 0.15) is 5.82 Å². The van der Waals surface area contributed by atoms with Gasteiger partial charge < -0.3 is 18.9 Å². The summed E-state index contributed by atoms with van der Waals surface area (Å²) in [6, 6.07) is 1.29. The van der Waals surface area contributed by atoms with E-state index in [4.69, 9.17) is 16.1 Å². The third-order valence-corrected chi connectivity index (χ3v) is 5.87. The molecule has 0 bridgehead atoms. The summed E-state index contributed by atoms with van der Waals surface area (Å²) in [5.74, 6) is -0.546. The number of pyridine rings is 1. The number of piperazine rings is 1. The summed E-state index contributed by atoms with van der Waals surface area (Å²) in [5.41, 5.74) is -0.237. The van der Waals surface area contributed by atoms with Gasteiger partial charge in [0.2, 0.25) is 11.1 Å². The van der Waals surface area contributed by atoms with Crippen LogP contribution in [0.5, 0.6) is 0 Å². The maximum atomic E-state index is 15.0. The lowest BCUT2D eigenvalue weighted by atomic mass is 10.1. The van der Waals surface area contributed by atoms with Gasteiger partial charge in [0, 0.05) is 32.2 Å². The fraction of sp³-hybridized carbons (Fsp3) is 0.444. The molecule has 142 valence electrons. The van der Waals surface area contributed by atoms with E-state index in [2.05, 4.69) is 10.1 Å². The third kappa shape index (κ3) is 2.43. The maximum absolute atomic E-state index is 15.0. The van der Waals surface area contributed by atoms with Crippen LogP contribution in [0.25, 0.3) is 22.0 Å². The Kier molecular flexibility index (Phi) is 3.64. The molecule has 27 heavy (non-hydrogen) atoms. The second-order valence-electron chi connectivity index (χ2n) is 7.35. The third-order valence-electron chi connectivity index (χ3n) is 5.51. The minimum atomic E-state index is -0.606. The van der Waals surface area contributed by atoms with Gasteiger partial charge in [-0.05, 0) is 26.0 Å². The molecular formula is C18H18ClFN4O3. The molecule has 7 nitrogen and oxygen atoms in total. The molecule has 0 unspecified atom stereocenters. The largest absolute Gasteiger partial charge is 0.365 e. The van der Waals surface area contributed by atoms with Crippen LogP contribution in [-0.4, -0.2) is 47.9 Å². The van der Waals surface area contributed by atoms with Crippen LogP contribution < -0.4 is 15.9 Å². The lowest BCUT2D eigenvalue weighted by Gasteiger charge is -2.35. The molecule has 1 N–H and O–H groups in total. The Labute approximate surface area is 157 Å². The zero-order chi connectivity index (χ0) is 18.9. The summed E-state index contributed by atoms with van der Waals surface area (Å²) in [4.78, 5) is 29.0. The average Bonchev–Trinajstić information content (AvgIpc) is 3.40. The number of rotatable bonds is 2. The summed E-state index contributed by atoms with van der Waals surface area (Å²) in [6.45, 7) is 2.89. The van der Waals surface area contributed by atoms with Gasteiger partial charge in [-0.15, -0.1) is 0 Å². The maximum Gasteiger partial charge on any atom is 0.293 e. The summed E-state index contributed by atoms with van der Waals surface area (Å²) in [5, 5.41) is 2.45. The number of fused-ring (bicyclic) bond motifs is 2. The summed E-state index contributed by atoms with van der Waals surface area (Å²) in [6.07, 6.45) is 1.78. The van der Waals surface area contributed by atoms with Crippen molar-refractivity contribution in [2.24, 2.45) is 0 Å². The Morgan fingerprint density at radius 3 is 2.59 bits per heavy atom. The molecule has 2 aromatic heterocycles. The Bertz CT molecular complexity index is 1190. The minimum Gasteiger partial charge on any atom is -0.365 e. The molecule has 0 radical (unpaired) electrons. The second kappa shape index (κ2) is 5.84. The van der Waals surface area contributed by atoms with Crippen LogP contribution in [0.1, 0.15) is 18.9 Å². The Balaban J connectivity index is 1.86. The standard InChI is InChI=1S/C18H18ClFN4O3/c1-22-4-6-23(7-5-22)15-11(20)8-10-14(13(15)19)24(9-2-3-9)18-12(16(10)25)17(26)21-27-18/h8-9H,2-7H2,1H3,(H,21,26). The van der Waals surface area contributed by atoms with Crippen LogP contribution in [-0.2, 0) is 0 Å². The van der Waals surface area contributed by atoms with Gasteiger partial charge in [0.25, 0.3) is 5.56 Å². The highest BCUT2D eigenvalue weighted by Crippen LogP contribution is 2.43. The molecule has 3 aromatic rings. The molecule has 0 spiro atoms. The normalized spacial score (nSPS) is 18.7. The van der Waals surface area contributed by atoms with Crippen LogP contribution in [0, 0.1) is 5.82 Å². The minimum absolute atomic E-state index is 0.0813. The molecule has 1 aliphatic carbocycles. The van der Waals surface area contributed by atoms with Crippen molar-refractivity contribution in [3.05, 3.63) is 37.5 Å². The molecule has 1 aliphatic heterocycles. The van der Waals surface area contributed by atoms with E-state index in [1.165, 1.54) is 6.07 Å². The highest BCUT2D eigenvalue weighted by Gasteiger charge is 2.33. The molecule has 5 rings (SSSR count). The van der Waals surface area contributed by atoms with E-state index >= 15 is 4.39 Å². The highest BCUT2D eigenvalue weighted by molar-refractivity contribution is 6.38. The average molecular weight is 393 g/mol. The molecule has 3 heterocycles. The number of likely N-dealkylation sites (N-methyl/N-ethyl adjacent to an activating group) is 1. The van der Waals surface area contributed by atoms with E-state index in [0.29, 0.717) is 24.3 Å². The highest BCUT2D eigenvalue weighted by atomic mass is 35.5. The van der Waals surface area contributed by atoms with Crippen LogP contribution in [0.15, 0.2) is 20.2 Å². The van der Waals surface area contributed by atoms with Crippen LogP contribution >= 0.6 is 11.6 Å². The van der Waals surface area contributed by atoms with Crippen molar-refractivity contribution in [1.29, 1.82) is 0 Å². The molecule has 2 aliphatic rings. The van der Waals surface area contributed by atoms with Crippen molar-refractivity contribution in [1.82, 2.24) is 14.6 Å². The first-order valence-corrected chi connectivity index (χ1v) is 9.36. The van der Waals surface area contributed by atoms with Gasteiger partial charge in [-0.25, -0.2) is 4.39 Å². The number of halogens is 2. The van der Waals surface area contributed by atoms with E-state index < -0.39 is 16.8 Å². The van der Waals surface area contributed by atoms with Crippen LogP contribution in [0.4, 0.5) is 10.1 Å². The van der Waals surface area contributed by atoms with Gasteiger partial charge in [0.05, 0.1) is 21.6 Å². The number of aromatic amines is 1. The van der Waals surface area contributed by atoms with Crippen molar-refractivity contribution in [3.8, 4) is 0 Å². The van der Waals surface area contributed by atoms with Crippen molar-refractivity contribution >= 4 is 39.3 Å². The Hall–Kier alpha value is -2.32. The van der Waals surface area contributed by atoms with Crippen molar-refractivity contribution in [2.75, 3.05) is 38.1 Å². The lowest BCUT2D eigenvalue weighted by molar-refractivity contribution is 0.312. The predicted molar refractivity (Wildman–Crippen MR) is 102 cm³/mol. The molecule has 1 saturated carbocycles.